The molecule has 0 aliphatic heterocycles. The van der Waals surface area contributed by atoms with Gasteiger partial charge in [0.05, 0.1) is 6.26 Å². The molecule has 9 nitrogen and oxygen atoms in total. The van der Waals surface area contributed by atoms with Crippen LogP contribution in [0.2, 0.25) is 0 Å². The molecule has 1 amide bonds. The lowest BCUT2D eigenvalue weighted by molar-refractivity contribution is -0.119. The molecule has 0 fully saturated rings. The second-order valence-corrected chi connectivity index (χ2v) is 10.4. The van der Waals surface area contributed by atoms with E-state index < -0.39 is 15.9 Å². The number of aryl methyl sites for hydroxylation is 1. The van der Waals surface area contributed by atoms with E-state index in [0.717, 1.165) is 39.7 Å². The van der Waals surface area contributed by atoms with E-state index in [0.29, 0.717) is 30.2 Å². The van der Waals surface area contributed by atoms with Gasteiger partial charge in [0.25, 0.3) is 0 Å². The number of aromatic amines is 2. The molecule has 2 heterocycles. The van der Waals surface area contributed by atoms with E-state index in [4.69, 9.17) is 4.74 Å². The van der Waals surface area contributed by atoms with Crippen LogP contribution in [0.5, 0.6) is 11.5 Å². The van der Waals surface area contributed by atoms with Gasteiger partial charge < -0.3 is 14.7 Å². The topological polar surface area (TPSA) is 130 Å². The first-order valence-corrected chi connectivity index (χ1v) is 13.6. The molecule has 0 bridgehead atoms. The molecule has 0 spiro atoms. The Kier molecular flexibility index (Phi) is 6.74. The average Bonchev–Trinajstić information content (AvgIpc) is 3.53. The predicted molar refractivity (Wildman–Crippen MR) is 141 cm³/mol. The van der Waals surface area contributed by atoms with Crippen molar-refractivity contribution in [3.8, 4) is 22.9 Å². The number of hydrogen-bond acceptors (Lipinski definition) is 6. The Bertz CT molecular complexity index is 1660. The molecule has 3 N–H and O–H groups in total. The average molecular weight is 516 g/mol. The first kappa shape index (κ1) is 24.3. The van der Waals surface area contributed by atoms with Gasteiger partial charge in [-0.1, -0.05) is 42.5 Å². The molecule has 0 aliphatic carbocycles. The summed E-state index contributed by atoms with van der Waals surface area (Å²) >= 11 is 0. The lowest BCUT2D eigenvalue weighted by Gasteiger charge is -2.13. The van der Waals surface area contributed by atoms with Crippen LogP contribution in [0.1, 0.15) is 23.4 Å². The number of nitrogens with zero attached hydrogens (tertiary/aromatic N) is 2. The SMILES string of the molecule is CS(=O)(=O)NC(=O)CCc1c(Oc2cccc(-c3nnc(Cc4ccccc4)[nH]3)c2)ccc2[nH]ccc12. The third-order valence-electron chi connectivity index (χ3n) is 5.79. The molecular formula is C27H25N5O4S. The van der Waals surface area contributed by atoms with Gasteiger partial charge in [0.1, 0.15) is 17.3 Å². The number of nitrogens with one attached hydrogen (secondary N) is 3. The maximum atomic E-state index is 12.1. The first-order valence-electron chi connectivity index (χ1n) is 11.7. The zero-order chi connectivity index (χ0) is 25.8. The van der Waals surface area contributed by atoms with Crippen LogP contribution in [0.4, 0.5) is 0 Å². The van der Waals surface area contributed by atoms with Crippen molar-refractivity contribution >= 4 is 26.8 Å². The van der Waals surface area contributed by atoms with Gasteiger partial charge in [-0.05, 0) is 42.3 Å². The highest BCUT2D eigenvalue weighted by Gasteiger charge is 2.15. The highest BCUT2D eigenvalue weighted by Crippen LogP contribution is 2.33. The Labute approximate surface area is 214 Å². The van der Waals surface area contributed by atoms with Crippen LogP contribution < -0.4 is 9.46 Å². The van der Waals surface area contributed by atoms with Gasteiger partial charge in [-0.15, -0.1) is 10.2 Å². The summed E-state index contributed by atoms with van der Waals surface area (Å²) in [7, 11) is -3.62. The lowest BCUT2D eigenvalue weighted by Crippen LogP contribution is -2.29. The van der Waals surface area contributed by atoms with Crippen molar-refractivity contribution in [2.24, 2.45) is 0 Å². The molecule has 0 unspecified atom stereocenters. The summed E-state index contributed by atoms with van der Waals surface area (Å²) in [6.45, 7) is 0. The van der Waals surface area contributed by atoms with Crippen molar-refractivity contribution in [3.05, 3.63) is 95.9 Å². The monoisotopic (exact) mass is 515 g/mol. The molecule has 188 valence electrons. The summed E-state index contributed by atoms with van der Waals surface area (Å²) in [5.41, 5.74) is 3.66. The van der Waals surface area contributed by atoms with Gasteiger partial charge in [0, 0.05) is 41.1 Å². The minimum Gasteiger partial charge on any atom is -0.457 e. The third-order valence-corrected chi connectivity index (χ3v) is 6.39. The van der Waals surface area contributed by atoms with E-state index in [1.54, 1.807) is 0 Å². The zero-order valence-electron chi connectivity index (χ0n) is 20.1. The van der Waals surface area contributed by atoms with Crippen molar-refractivity contribution in [2.45, 2.75) is 19.3 Å². The van der Waals surface area contributed by atoms with Crippen molar-refractivity contribution in [1.82, 2.24) is 24.9 Å². The number of rotatable bonds is 9. The fourth-order valence-corrected chi connectivity index (χ4v) is 4.67. The van der Waals surface area contributed by atoms with E-state index in [-0.39, 0.29) is 6.42 Å². The molecule has 0 saturated heterocycles. The Morgan fingerprint density at radius 1 is 1.00 bits per heavy atom. The quantitative estimate of drug-likeness (QED) is 0.268. The van der Waals surface area contributed by atoms with Gasteiger partial charge in [0.2, 0.25) is 15.9 Å². The second-order valence-electron chi connectivity index (χ2n) is 8.69. The molecule has 3 aromatic carbocycles. The summed E-state index contributed by atoms with van der Waals surface area (Å²) in [6.07, 6.45) is 3.72. The van der Waals surface area contributed by atoms with Crippen LogP contribution in [-0.4, -0.2) is 40.7 Å². The maximum Gasteiger partial charge on any atom is 0.233 e. The van der Waals surface area contributed by atoms with Crippen LogP contribution in [-0.2, 0) is 27.7 Å². The minimum absolute atomic E-state index is 0.00395. The number of sulfonamides is 1. The van der Waals surface area contributed by atoms with Crippen LogP contribution >= 0.6 is 0 Å². The van der Waals surface area contributed by atoms with Gasteiger partial charge >= 0.3 is 0 Å². The van der Waals surface area contributed by atoms with Crippen molar-refractivity contribution in [1.29, 1.82) is 0 Å². The number of benzene rings is 3. The number of aromatic nitrogens is 4. The van der Waals surface area contributed by atoms with Gasteiger partial charge in [-0.25, -0.2) is 8.42 Å². The number of fused-ring (bicyclic) bond motifs is 1. The van der Waals surface area contributed by atoms with E-state index in [2.05, 4.69) is 20.2 Å². The van der Waals surface area contributed by atoms with E-state index in [1.807, 2.05) is 83.7 Å². The Morgan fingerprint density at radius 3 is 2.65 bits per heavy atom. The zero-order valence-corrected chi connectivity index (χ0v) is 20.9. The van der Waals surface area contributed by atoms with Crippen molar-refractivity contribution in [3.63, 3.8) is 0 Å². The van der Waals surface area contributed by atoms with Crippen LogP contribution in [0, 0.1) is 0 Å². The largest absolute Gasteiger partial charge is 0.457 e. The molecule has 37 heavy (non-hydrogen) atoms. The number of ether oxygens (including phenoxy) is 1. The second kappa shape index (κ2) is 10.3. The maximum absolute atomic E-state index is 12.1. The Morgan fingerprint density at radius 2 is 1.84 bits per heavy atom. The third kappa shape index (κ3) is 6.04. The minimum atomic E-state index is -3.62. The normalized spacial score (nSPS) is 11.5. The lowest BCUT2D eigenvalue weighted by atomic mass is 10.0. The molecular weight excluding hydrogens is 490 g/mol. The molecule has 0 atom stereocenters. The number of carbonyl (C=O) groups is 1. The number of H-pyrrole nitrogens is 2. The van der Waals surface area contributed by atoms with Gasteiger partial charge in [-0.3, -0.25) is 9.52 Å². The molecule has 2 aromatic heterocycles. The molecule has 0 radical (unpaired) electrons. The Balaban J connectivity index is 1.37. The van der Waals surface area contributed by atoms with Gasteiger partial charge in [0.15, 0.2) is 5.82 Å². The van der Waals surface area contributed by atoms with E-state index in [1.165, 1.54) is 0 Å². The smallest absolute Gasteiger partial charge is 0.233 e. The van der Waals surface area contributed by atoms with Crippen molar-refractivity contribution < 1.29 is 17.9 Å². The molecule has 0 aliphatic rings. The fraction of sp³-hybridized carbons (Fsp3) is 0.148. The summed E-state index contributed by atoms with van der Waals surface area (Å²) in [6, 6.07) is 23.2. The fourth-order valence-electron chi connectivity index (χ4n) is 4.16. The molecule has 5 aromatic rings. The molecule has 5 rings (SSSR count). The van der Waals surface area contributed by atoms with E-state index >= 15 is 0 Å². The van der Waals surface area contributed by atoms with E-state index in [9.17, 15) is 13.2 Å². The summed E-state index contributed by atoms with van der Waals surface area (Å²) in [4.78, 5) is 18.6. The summed E-state index contributed by atoms with van der Waals surface area (Å²) in [5, 5.41) is 9.49. The highest BCUT2D eigenvalue weighted by molar-refractivity contribution is 7.89. The predicted octanol–water partition coefficient (Wildman–Crippen LogP) is 4.34. The number of amides is 1. The number of carbonyl (C=O) groups excluding carboxylic acids is 1. The standard InChI is InChI=1S/C27H25N5O4S/c1-37(34,35)32-26(33)13-10-22-21-14-15-28-23(21)11-12-24(22)36-20-9-5-8-19(17-20)27-29-25(30-31-27)16-18-6-3-2-4-7-18/h2-9,11-12,14-15,17,28H,10,13,16H2,1H3,(H,32,33)(H,29,30,31). The number of hydrogen-bond donors (Lipinski definition) is 3. The first-order chi connectivity index (χ1) is 17.8. The molecule has 0 saturated carbocycles. The molecule has 10 heteroatoms. The summed E-state index contributed by atoms with van der Waals surface area (Å²) in [5.74, 6) is 2.00. The van der Waals surface area contributed by atoms with Crippen LogP contribution in [0.3, 0.4) is 0 Å². The highest BCUT2D eigenvalue weighted by atomic mass is 32.2. The summed E-state index contributed by atoms with van der Waals surface area (Å²) < 4.78 is 31.1. The van der Waals surface area contributed by atoms with Gasteiger partial charge in [-0.2, -0.15) is 0 Å². The Hall–Kier alpha value is -4.44. The van der Waals surface area contributed by atoms with Crippen LogP contribution in [0.15, 0.2) is 79.0 Å². The van der Waals surface area contributed by atoms with Crippen molar-refractivity contribution in [2.75, 3.05) is 6.26 Å². The van der Waals surface area contributed by atoms with Crippen LogP contribution in [0.25, 0.3) is 22.3 Å².